The summed E-state index contributed by atoms with van der Waals surface area (Å²) < 4.78 is 1.42. The van der Waals surface area contributed by atoms with E-state index in [1.165, 1.54) is 10.5 Å². The summed E-state index contributed by atoms with van der Waals surface area (Å²) >= 11 is 6.85. The molecule has 0 saturated carbocycles. The number of hydrogen-bond acceptors (Lipinski definition) is 3. The maximum atomic E-state index is 13.0. The number of imide groups is 1. The number of carbonyl (C=O) groups excluding carboxylic acids is 2. The molecule has 2 heterocycles. The zero-order valence-corrected chi connectivity index (χ0v) is 17.2. The Hall–Kier alpha value is -1.50. The molecule has 2 aliphatic heterocycles. The maximum Gasteiger partial charge on any atom is 0.264 e. The predicted octanol–water partition coefficient (Wildman–Crippen LogP) is 4.38. The van der Waals surface area contributed by atoms with Crippen molar-refractivity contribution in [1.29, 1.82) is 0 Å². The molecule has 26 heavy (non-hydrogen) atoms. The highest BCUT2D eigenvalue weighted by atomic mass is 79.9. The second-order valence-corrected chi connectivity index (χ2v) is 8.46. The van der Waals surface area contributed by atoms with Crippen molar-refractivity contribution >= 4 is 43.7 Å². The summed E-state index contributed by atoms with van der Waals surface area (Å²) in [7, 11) is 0. The number of piperidine rings is 1. The van der Waals surface area contributed by atoms with Gasteiger partial charge in [0.2, 0.25) is 0 Å². The van der Waals surface area contributed by atoms with Crippen molar-refractivity contribution in [1.82, 2.24) is 10.2 Å². The second kappa shape index (κ2) is 7.25. The minimum Gasteiger partial charge on any atom is -0.297 e. The Labute approximate surface area is 169 Å². The first-order chi connectivity index (χ1) is 12.6. The van der Waals surface area contributed by atoms with E-state index in [-0.39, 0.29) is 18.0 Å². The van der Waals surface area contributed by atoms with Crippen LogP contribution in [0.25, 0.3) is 0 Å². The molecule has 2 aromatic rings. The molecule has 2 aromatic carbocycles. The van der Waals surface area contributed by atoms with Gasteiger partial charge in [0, 0.05) is 8.95 Å². The first-order valence-electron chi connectivity index (χ1n) is 8.69. The fourth-order valence-electron chi connectivity index (χ4n) is 3.86. The van der Waals surface area contributed by atoms with E-state index < -0.39 is 0 Å². The van der Waals surface area contributed by atoms with Crippen LogP contribution in [0.4, 0.5) is 0 Å². The number of hydrogen-bond donors (Lipinski definition) is 1. The standard InChI is InChI=1S/C20H18Br2N2O2/c21-15-7-6-14-17(18(15)22)20(26)24(19(14)25)16-11-13(8-9-23-16)10-12-4-2-1-3-5-12/h1-7,13,16,23H,8-11H2. The van der Waals surface area contributed by atoms with Crippen LogP contribution in [0.2, 0.25) is 0 Å². The minimum atomic E-state index is -0.254. The van der Waals surface area contributed by atoms with Crippen LogP contribution in [0, 0.1) is 5.92 Å². The van der Waals surface area contributed by atoms with Crippen LogP contribution in [0.15, 0.2) is 51.4 Å². The molecule has 6 heteroatoms. The SMILES string of the molecule is O=C1c2ccc(Br)c(Br)c2C(=O)N1C1CC(Cc2ccccc2)CCN1. The smallest absolute Gasteiger partial charge is 0.264 e. The zero-order valence-electron chi connectivity index (χ0n) is 14.0. The molecule has 4 rings (SSSR count). The van der Waals surface area contributed by atoms with Crippen LogP contribution < -0.4 is 5.32 Å². The van der Waals surface area contributed by atoms with E-state index in [9.17, 15) is 9.59 Å². The number of fused-ring (bicyclic) bond motifs is 1. The van der Waals surface area contributed by atoms with Crippen molar-refractivity contribution in [2.45, 2.75) is 25.4 Å². The van der Waals surface area contributed by atoms with Crippen molar-refractivity contribution in [2.75, 3.05) is 6.54 Å². The molecule has 1 saturated heterocycles. The van der Waals surface area contributed by atoms with Gasteiger partial charge in [0.05, 0.1) is 17.3 Å². The van der Waals surface area contributed by atoms with Gasteiger partial charge in [-0.05, 0) is 81.3 Å². The lowest BCUT2D eigenvalue weighted by atomic mass is 9.89. The average molecular weight is 478 g/mol. The molecule has 0 aromatic heterocycles. The second-order valence-electron chi connectivity index (χ2n) is 6.81. The molecule has 2 amide bonds. The summed E-state index contributed by atoms with van der Waals surface area (Å²) in [5, 5.41) is 3.36. The Kier molecular flexibility index (Phi) is 4.99. The quantitative estimate of drug-likeness (QED) is 0.667. The van der Waals surface area contributed by atoms with Crippen molar-refractivity contribution in [3.63, 3.8) is 0 Å². The Bertz CT molecular complexity index is 870. The maximum absolute atomic E-state index is 13.0. The molecular formula is C20H18Br2N2O2. The van der Waals surface area contributed by atoms with Gasteiger partial charge in [-0.1, -0.05) is 30.3 Å². The lowest BCUT2D eigenvalue weighted by Crippen LogP contribution is -2.52. The number of halogens is 2. The largest absolute Gasteiger partial charge is 0.297 e. The van der Waals surface area contributed by atoms with Crippen molar-refractivity contribution < 1.29 is 9.59 Å². The minimum absolute atomic E-state index is 0.212. The lowest BCUT2D eigenvalue weighted by Gasteiger charge is -2.35. The van der Waals surface area contributed by atoms with Gasteiger partial charge in [-0.25, -0.2) is 0 Å². The van der Waals surface area contributed by atoms with Crippen LogP contribution >= 0.6 is 31.9 Å². The van der Waals surface area contributed by atoms with E-state index in [2.05, 4.69) is 49.3 Å². The third kappa shape index (κ3) is 3.15. The first kappa shape index (κ1) is 17.9. The summed E-state index contributed by atoms with van der Waals surface area (Å²) in [4.78, 5) is 27.2. The fraction of sp³-hybridized carbons (Fsp3) is 0.300. The number of nitrogens with one attached hydrogen (secondary N) is 1. The van der Waals surface area contributed by atoms with E-state index in [4.69, 9.17) is 0 Å². The summed E-state index contributed by atoms with van der Waals surface area (Å²) in [5.41, 5.74) is 2.22. The molecular weight excluding hydrogens is 460 g/mol. The number of rotatable bonds is 3. The number of benzene rings is 2. The van der Waals surface area contributed by atoms with Gasteiger partial charge in [0.25, 0.3) is 11.8 Å². The van der Waals surface area contributed by atoms with Gasteiger partial charge >= 0.3 is 0 Å². The Morgan fingerprint density at radius 2 is 1.81 bits per heavy atom. The topological polar surface area (TPSA) is 49.4 Å². The molecule has 2 aliphatic rings. The summed E-state index contributed by atoms with van der Waals surface area (Å²) in [6, 6.07) is 13.9. The van der Waals surface area contributed by atoms with E-state index in [1.807, 2.05) is 18.2 Å². The van der Waals surface area contributed by atoms with Crippen LogP contribution in [0.3, 0.4) is 0 Å². The molecule has 4 nitrogen and oxygen atoms in total. The van der Waals surface area contributed by atoms with Gasteiger partial charge < -0.3 is 0 Å². The highest BCUT2D eigenvalue weighted by Gasteiger charge is 2.43. The predicted molar refractivity (Wildman–Crippen MR) is 107 cm³/mol. The lowest BCUT2D eigenvalue weighted by molar-refractivity contribution is 0.0491. The van der Waals surface area contributed by atoms with Gasteiger partial charge in [-0.3, -0.25) is 19.8 Å². The number of carbonyl (C=O) groups is 2. The van der Waals surface area contributed by atoms with Gasteiger partial charge in [0.1, 0.15) is 0 Å². The van der Waals surface area contributed by atoms with Crippen LogP contribution in [-0.2, 0) is 6.42 Å². The Morgan fingerprint density at radius 3 is 2.58 bits per heavy atom. The number of nitrogens with zero attached hydrogens (tertiary/aromatic N) is 1. The first-order valence-corrected chi connectivity index (χ1v) is 10.3. The normalized spacial score (nSPS) is 22.6. The van der Waals surface area contributed by atoms with E-state index in [0.29, 0.717) is 21.5 Å². The third-order valence-electron chi connectivity index (χ3n) is 5.14. The van der Waals surface area contributed by atoms with Gasteiger partial charge in [-0.15, -0.1) is 0 Å². The third-order valence-corrected chi connectivity index (χ3v) is 7.16. The molecule has 0 aliphatic carbocycles. The summed E-state index contributed by atoms with van der Waals surface area (Å²) in [5.74, 6) is 0.00948. The van der Waals surface area contributed by atoms with Crippen LogP contribution in [0.1, 0.15) is 39.1 Å². The molecule has 0 bridgehead atoms. The molecule has 0 spiro atoms. The van der Waals surface area contributed by atoms with Crippen LogP contribution in [0.5, 0.6) is 0 Å². The van der Waals surface area contributed by atoms with E-state index >= 15 is 0 Å². The van der Waals surface area contributed by atoms with Gasteiger partial charge in [-0.2, -0.15) is 0 Å². The molecule has 134 valence electrons. The van der Waals surface area contributed by atoms with Crippen molar-refractivity contribution in [2.24, 2.45) is 5.92 Å². The summed E-state index contributed by atoms with van der Waals surface area (Å²) in [6.45, 7) is 0.806. The average Bonchev–Trinajstić information content (AvgIpc) is 2.90. The van der Waals surface area contributed by atoms with E-state index in [0.717, 1.165) is 30.3 Å². The molecule has 1 N–H and O–H groups in total. The van der Waals surface area contributed by atoms with Crippen LogP contribution in [-0.4, -0.2) is 29.4 Å². The van der Waals surface area contributed by atoms with Crippen molar-refractivity contribution in [3.8, 4) is 0 Å². The monoisotopic (exact) mass is 476 g/mol. The molecule has 2 atom stereocenters. The fourth-order valence-corrected chi connectivity index (χ4v) is 4.71. The molecule has 2 unspecified atom stereocenters. The highest BCUT2D eigenvalue weighted by molar-refractivity contribution is 9.13. The Morgan fingerprint density at radius 1 is 1.04 bits per heavy atom. The zero-order chi connectivity index (χ0) is 18.3. The highest BCUT2D eigenvalue weighted by Crippen LogP contribution is 2.36. The van der Waals surface area contributed by atoms with Gasteiger partial charge in [0.15, 0.2) is 0 Å². The van der Waals surface area contributed by atoms with Crippen molar-refractivity contribution in [3.05, 3.63) is 68.1 Å². The Balaban J connectivity index is 1.55. The molecule has 0 radical (unpaired) electrons. The molecule has 1 fully saturated rings. The van der Waals surface area contributed by atoms with E-state index in [1.54, 1.807) is 12.1 Å². The summed E-state index contributed by atoms with van der Waals surface area (Å²) in [6.07, 6.45) is 2.54. The number of amides is 2.